The molecule has 0 aromatic carbocycles. The van der Waals surface area contributed by atoms with Crippen LogP contribution in [0.3, 0.4) is 0 Å². The van der Waals surface area contributed by atoms with E-state index in [0.717, 1.165) is 5.56 Å². The summed E-state index contributed by atoms with van der Waals surface area (Å²) in [5.74, 6) is 0.236. The van der Waals surface area contributed by atoms with Crippen LogP contribution in [0.25, 0.3) is 0 Å². The molecule has 1 heterocycles. The predicted molar refractivity (Wildman–Crippen MR) is 53.1 cm³/mol. The number of hydrogen-bond acceptors (Lipinski definition) is 3. The molecule has 0 aliphatic rings. The molecule has 2 N–H and O–H groups in total. The van der Waals surface area contributed by atoms with Crippen LogP contribution in [0.2, 0.25) is 0 Å². The maximum absolute atomic E-state index is 11.9. The molecule has 0 radical (unpaired) electrons. The zero-order valence-corrected chi connectivity index (χ0v) is 8.71. The summed E-state index contributed by atoms with van der Waals surface area (Å²) in [6, 6.07) is 1.67. The Morgan fingerprint density at radius 2 is 2.20 bits per heavy atom. The van der Waals surface area contributed by atoms with Gasteiger partial charge < -0.3 is 10.5 Å². The number of halogens is 2. The molecule has 84 valence electrons. The van der Waals surface area contributed by atoms with Gasteiger partial charge >= 0.3 is 0 Å². The molecule has 0 aliphatic heterocycles. The zero-order chi connectivity index (χ0) is 11.4. The number of aryl methyl sites for hydroxylation is 1. The molecule has 15 heavy (non-hydrogen) atoms. The summed E-state index contributed by atoms with van der Waals surface area (Å²) in [5, 5.41) is 0. The van der Waals surface area contributed by atoms with Gasteiger partial charge in [-0.3, -0.25) is 0 Å². The summed E-state index contributed by atoms with van der Waals surface area (Å²) in [7, 11) is 0. The molecule has 3 nitrogen and oxygen atoms in total. The second kappa shape index (κ2) is 5.02. The number of nitrogens with two attached hydrogens (primary N) is 1. The van der Waals surface area contributed by atoms with Crippen molar-refractivity contribution in [1.29, 1.82) is 0 Å². The summed E-state index contributed by atoms with van der Waals surface area (Å²) in [5.41, 5.74) is 7.23. The highest BCUT2D eigenvalue weighted by Gasteiger charge is 2.08. The first-order valence-corrected chi connectivity index (χ1v) is 4.63. The Balaban J connectivity index is 2.75. The Labute approximate surface area is 87.3 Å². The number of hydrogen-bond donors (Lipinski definition) is 1. The predicted octanol–water partition coefficient (Wildman–Crippen LogP) is 2.05. The van der Waals surface area contributed by atoms with Crippen molar-refractivity contribution in [3.05, 3.63) is 23.4 Å². The van der Waals surface area contributed by atoms with Gasteiger partial charge in [0, 0.05) is 17.8 Å². The highest BCUT2D eigenvalue weighted by Crippen LogP contribution is 2.18. The molecule has 0 fully saturated rings. The first kappa shape index (κ1) is 11.8. The fourth-order valence-corrected chi connectivity index (χ4v) is 1.13. The number of alkyl halides is 2. The van der Waals surface area contributed by atoms with Crippen molar-refractivity contribution in [2.45, 2.75) is 26.3 Å². The van der Waals surface area contributed by atoms with Gasteiger partial charge in [0.05, 0.1) is 0 Å². The topological polar surface area (TPSA) is 48.1 Å². The number of aromatic nitrogens is 1. The van der Waals surface area contributed by atoms with E-state index in [9.17, 15) is 8.78 Å². The highest BCUT2D eigenvalue weighted by atomic mass is 19.3. The highest BCUT2D eigenvalue weighted by molar-refractivity contribution is 5.29. The van der Waals surface area contributed by atoms with Crippen molar-refractivity contribution in [3.8, 4) is 5.88 Å². The molecule has 5 heteroatoms. The van der Waals surface area contributed by atoms with E-state index in [1.165, 1.54) is 0 Å². The lowest BCUT2D eigenvalue weighted by atomic mass is 10.1. The Kier molecular flexibility index (Phi) is 3.96. The normalized spacial score (nSPS) is 12.9. The first-order chi connectivity index (χ1) is 7.00. The smallest absolute Gasteiger partial charge is 0.272 e. The van der Waals surface area contributed by atoms with Crippen LogP contribution in [0.1, 0.15) is 24.1 Å². The molecule has 0 saturated carbocycles. The van der Waals surface area contributed by atoms with Crippen molar-refractivity contribution in [1.82, 2.24) is 4.98 Å². The quantitative estimate of drug-likeness (QED) is 0.838. The number of rotatable bonds is 4. The minimum atomic E-state index is -2.49. The van der Waals surface area contributed by atoms with Crippen LogP contribution < -0.4 is 10.5 Å². The molecule has 0 amide bonds. The van der Waals surface area contributed by atoms with Gasteiger partial charge in [-0.15, -0.1) is 0 Å². The molecule has 0 bridgehead atoms. The van der Waals surface area contributed by atoms with Crippen LogP contribution in [-0.2, 0) is 0 Å². The Bertz CT molecular complexity index is 329. The van der Waals surface area contributed by atoms with E-state index in [1.807, 2.05) is 6.92 Å². The van der Waals surface area contributed by atoms with E-state index in [-0.39, 0.29) is 11.9 Å². The van der Waals surface area contributed by atoms with E-state index < -0.39 is 13.0 Å². The lowest BCUT2D eigenvalue weighted by Gasteiger charge is -2.10. The standard InChI is InChI=1S/C10H14F2N2O/c1-6-3-8(7(2)13)4-14-10(6)15-5-9(11)12/h3-4,7,9H,5,13H2,1-2H3. The van der Waals surface area contributed by atoms with Crippen LogP contribution >= 0.6 is 0 Å². The summed E-state index contributed by atoms with van der Waals surface area (Å²) in [4.78, 5) is 3.94. The van der Waals surface area contributed by atoms with E-state index in [4.69, 9.17) is 10.5 Å². The van der Waals surface area contributed by atoms with Gasteiger partial charge in [0.15, 0.2) is 6.61 Å². The number of ether oxygens (including phenoxy) is 1. The third-order valence-corrected chi connectivity index (χ3v) is 1.92. The van der Waals surface area contributed by atoms with Crippen LogP contribution in [0.5, 0.6) is 5.88 Å². The van der Waals surface area contributed by atoms with Gasteiger partial charge in [-0.2, -0.15) is 0 Å². The van der Waals surface area contributed by atoms with E-state index in [2.05, 4.69) is 4.98 Å². The van der Waals surface area contributed by atoms with Gasteiger partial charge in [-0.25, -0.2) is 13.8 Å². The molecule has 1 unspecified atom stereocenters. The van der Waals surface area contributed by atoms with E-state index in [0.29, 0.717) is 5.56 Å². The van der Waals surface area contributed by atoms with Gasteiger partial charge in [-0.1, -0.05) is 0 Å². The maximum atomic E-state index is 11.9. The molecule has 0 saturated heterocycles. The minimum Gasteiger partial charge on any atom is -0.471 e. The van der Waals surface area contributed by atoms with Crippen LogP contribution in [0, 0.1) is 6.92 Å². The van der Waals surface area contributed by atoms with Crippen molar-refractivity contribution in [3.63, 3.8) is 0 Å². The second-order valence-electron chi connectivity index (χ2n) is 3.38. The average molecular weight is 216 g/mol. The van der Waals surface area contributed by atoms with Crippen molar-refractivity contribution < 1.29 is 13.5 Å². The van der Waals surface area contributed by atoms with Gasteiger partial charge in [0.1, 0.15) is 0 Å². The lowest BCUT2D eigenvalue weighted by Crippen LogP contribution is -2.10. The van der Waals surface area contributed by atoms with Gasteiger partial charge in [0.25, 0.3) is 6.43 Å². The second-order valence-corrected chi connectivity index (χ2v) is 3.38. The zero-order valence-electron chi connectivity index (χ0n) is 8.71. The SMILES string of the molecule is Cc1cc(C(C)N)cnc1OCC(F)F. The minimum absolute atomic E-state index is 0.125. The van der Waals surface area contributed by atoms with Crippen molar-refractivity contribution in [2.75, 3.05) is 6.61 Å². The Morgan fingerprint density at radius 1 is 1.53 bits per heavy atom. The molecule has 1 rings (SSSR count). The van der Waals surface area contributed by atoms with Crippen LogP contribution in [0.15, 0.2) is 12.3 Å². The monoisotopic (exact) mass is 216 g/mol. The molecule has 0 spiro atoms. The summed E-state index contributed by atoms with van der Waals surface area (Å²) in [6.45, 7) is 2.95. The van der Waals surface area contributed by atoms with Gasteiger partial charge in [0.2, 0.25) is 5.88 Å². The van der Waals surface area contributed by atoms with Crippen LogP contribution in [-0.4, -0.2) is 18.0 Å². The van der Waals surface area contributed by atoms with Crippen molar-refractivity contribution >= 4 is 0 Å². The van der Waals surface area contributed by atoms with Crippen LogP contribution in [0.4, 0.5) is 8.78 Å². The molecule has 1 aromatic heterocycles. The summed E-state index contributed by atoms with van der Waals surface area (Å²) >= 11 is 0. The summed E-state index contributed by atoms with van der Waals surface area (Å²) in [6.07, 6.45) is -0.947. The number of pyridine rings is 1. The molecular weight excluding hydrogens is 202 g/mol. The largest absolute Gasteiger partial charge is 0.471 e. The fourth-order valence-electron chi connectivity index (χ4n) is 1.13. The lowest BCUT2D eigenvalue weighted by molar-refractivity contribution is 0.0792. The van der Waals surface area contributed by atoms with E-state index >= 15 is 0 Å². The summed E-state index contributed by atoms with van der Waals surface area (Å²) < 4.78 is 28.6. The molecule has 1 atom stereocenters. The third kappa shape index (κ3) is 3.43. The Hall–Kier alpha value is -1.23. The molecule has 0 aliphatic carbocycles. The Morgan fingerprint density at radius 3 is 2.67 bits per heavy atom. The number of nitrogens with zero attached hydrogens (tertiary/aromatic N) is 1. The van der Waals surface area contributed by atoms with E-state index in [1.54, 1.807) is 19.2 Å². The molecule has 1 aromatic rings. The molecular formula is C10H14F2N2O. The van der Waals surface area contributed by atoms with Crippen molar-refractivity contribution in [2.24, 2.45) is 5.73 Å². The first-order valence-electron chi connectivity index (χ1n) is 4.63. The maximum Gasteiger partial charge on any atom is 0.272 e. The fraction of sp³-hybridized carbons (Fsp3) is 0.500. The average Bonchev–Trinajstić information content (AvgIpc) is 2.15. The third-order valence-electron chi connectivity index (χ3n) is 1.92. The van der Waals surface area contributed by atoms with Gasteiger partial charge in [-0.05, 0) is 25.5 Å².